The number of rotatable bonds is 5. The third-order valence-corrected chi connectivity index (χ3v) is 4.23. The fraction of sp³-hybridized carbons (Fsp3) is 0.462. The summed E-state index contributed by atoms with van der Waals surface area (Å²) in [6, 6.07) is 6.65. The smallest absolute Gasteiger partial charge is 0.274 e. The summed E-state index contributed by atoms with van der Waals surface area (Å²) in [5.74, 6) is 1.93. The number of amides is 1. The monoisotopic (exact) mass is 295 g/mol. The van der Waals surface area contributed by atoms with Crippen molar-refractivity contribution in [3.63, 3.8) is 0 Å². The summed E-state index contributed by atoms with van der Waals surface area (Å²) in [6.45, 7) is 1.11. The number of nitro groups is 1. The number of carbonyl (C=O) groups excluding carboxylic acids is 1. The van der Waals surface area contributed by atoms with Crippen molar-refractivity contribution in [3.8, 4) is 0 Å². The van der Waals surface area contributed by atoms with Crippen molar-refractivity contribution in [3.05, 3.63) is 39.9 Å². The van der Waals surface area contributed by atoms with Crippen LogP contribution in [0, 0.1) is 10.1 Å². The SMILES string of the molecule is O=C(CC1CSCCN1)NCc1ccccc1[N+](=O)[O-]. The van der Waals surface area contributed by atoms with Crippen LogP contribution in [-0.4, -0.2) is 34.9 Å². The number of para-hydroxylation sites is 1. The van der Waals surface area contributed by atoms with Crippen LogP contribution in [0.15, 0.2) is 24.3 Å². The Hall–Kier alpha value is -1.60. The van der Waals surface area contributed by atoms with E-state index in [4.69, 9.17) is 0 Å². The number of thioether (sulfide) groups is 1. The summed E-state index contributed by atoms with van der Waals surface area (Å²) in [5, 5.41) is 16.9. The van der Waals surface area contributed by atoms with Gasteiger partial charge in [0.2, 0.25) is 5.91 Å². The summed E-state index contributed by atoms with van der Waals surface area (Å²) in [4.78, 5) is 22.3. The second-order valence-electron chi connectivity index (χ2n) is 4.59. The Morgan fingerprint density at radius 3 is 3.00 bits per heavy atom. The van der Waals surface area contributed by atoms with Gasteiger partial charge in [-0.15, -0.1) is 0 Å². The number of hydrogen-bond donors (Lipinski definition) is 2. The van der Waals surface area contributed by atoms with Crippen molar-refractivity contribution in [1.82, 2.24) is 10.6 Å². The molecule has 1 heterocycles. The lowest BCUT2D eigenvalue weighted by atomic mass is 10.1. The molecule has 1 aromatic carbocycles. The van der Waals surface area contributed by atoms with E-state index in [9.17, 15) is 14.9 Å². The Balaban J connectivity index is 1.85. The van der Waals surface area contributed by atoms with E-state index in [1.807, 2.05) is 11.8 Å². The van der Waals surface area contributed by atoms with Gasteiger partial charge in [0.25, 0.3) is 5.69 Å². The highest BCUT2D eigenvalue weighted by Gasteiger charge is 2.17. The average molecular weight is 295 g/mol. The molecule has 0 aliphatic carbocycles. The zero-order valence-electron chi connectivity index (χ0n) is 11.0. The molecule has 1 aliphatic heterocycles. The lowest BCUT2D eigenvalue weighted by molar-refractivity contribution is -0.385. The molecular formula is C13H17N3O3S. The van der Waals surface area contributed by atoms with Crippen LogP contribution >= 0.6 is 11.8 Å². The molecule has 6 nitrogen and oxygen atoms in total. The molecule has 0 spiro atoms. The molecule has 20 heavy (non-hydrogen) atoms. The number of carbonyl (C=O) groups is 1. The van der Waals surface area contributed by atoms with Crippen molar-refractivity contribution < 1.29 is 9.72 Å². The molecule has 1 aliphatic rings. The first-order chi connectivity index (χ1) is 9.66. The third kappa shape index (κ3) is 4.21. The summed E-state index contributed by atoms with van der Waals surface area (Å²) in [7, 11) is 0. The lowest BCUT2D eigenvalue weighted by Gasteiger charge is -2.22. The number of hydrogen-bond acceptors (Lipinski definition) is 5. The Labute approximate surface area is 121 Å². The Kier molecular flexibility index (Phi) is 5.37. The Bertz CT molecular complexity index is 490. The van der Waals surface area contributed by atoms with E-state index in [0.29, 0.717) is 12.0 Å². The van der Waals surface area contributed by atoms with Gasteiger partial charge in [0.1, 0.15) is 0 Å². The molecule has 0 bridgehead atoms. The van der Waals surface area contributed by atoms with E-state index < -0.39 is 4.92 Å². The molecule has 1 saturated heterocycles. The van der Waals surface area contributed by atoms with Gasteiger partial charge < -0.3 is 10.6 Å². The normalized spacial score (nSPS) is 18.5. The van der Waals surface area contributed by atoms with Crippen LogP contribution in [0.25, 0.3) is 0 Å². The average Bonchev–Trinajstić information content (AvgIpc) is 2.46. The number of benzene rings is 1. The van der Waals surface area contributed by atoms with Crippen molar-refractivity contribution >= 4 is 23.4 Å². The van der Waals surface area contributed by atoms with Crippen molar-refractivity contribution in [2.24, 2.45) is 0 Å². The summed E-state index contributed by atoms with van der Waals surface area (Å²) in [5.41, 5.74) is 0.566. The summed E-state index contributed by atoms with van der Waals surface area (Å²) < 4.78 is 0. The second kappa shape index (κ2) is 7.25. The molecule has 0 aromatic heterocycles. The van der Waals surface area contributed by atoms with Gasteiger partial charge in [0.15, 0.2) is 0 Å². The maximum Gasteiger partial charge on any atom is 0.274 e. The molecule has 0 radical (unpaired) electrons. The highest BCUT2D eigenvalue weighted by atomic mass is 32.2. The van der Waals surface area contributed by atoms with Gasteiger partial charge in [-0.05, 0) is 0 Å². The molecule has 1 fully saturated rings. The predicted octanol–water partition coefficient (Wildman–Crippen LogP) is 1.31. The van der Waals surface area contributed by atoms with E-state index in [1.165, 1.54) is 6.07 Å². The zero-order chi connectivity index (χ0) is 14.4. The van der Waals surface area contributed by atoms with E-state index >= 15 is 0 Å². The van der Waals surface area contributed by atoms with Crippen LogP contribution in [0.3, 0.4) is 0 Å². The first-order valence-electron chi connectivity index (χ1n) is 6.47. The first-order valence-corrected chi connectivity index (χ1v) is 7.62. The Morgan fingerprint density at radius 2 is 2.30 bits per heavy atom. The van der Waals surface area contributed by atoms with Crippen LogP contribution in [0.2, 0.25) is 0 Å². The fourth-order valence-corrected chi connectivity index (χ4v) is 3.03. The molecule has 1 aromatic rings. The van der Waals surface area contributed by atoms with Crippen molar-refractivity contribution in [1.29, 1.82) is 0 Å². The van der Waals surface area contributed by atoms with Gasteiger partial charge in [0.05, 0.1) is 4.92 Å². The molecule has 7 heteroatoms. The largest absolute Gasteiger partial charge is 0.352 e. The van der Waals surface area contributed by atoms with Gasteiger partial charge >= 0.3 is 0 Å². The van der Waals surface area contributed by atoms with Gasteiger partial charge in [-0.1, -0.05) is 18.2 Å². The van der Waals surface area contributed by atoms with Crippen LogP contribution in [0.5, 0.6) is 0 Å². The minimum absolute atomic E-state index is 0.0409. The van der Waals surface area contributed by atoms with E-state index in [1.54, 1.807) is 18.2 Å². The molecule has 1 amide bonds. The highest BCUT2D eigenvalue weighted by Crippen LogP contribution is 2.17. The van der Waals surface area contributed by atoms with Crippen LogP contribution in [0.1, 0.15) is 12.0 Å². The summed E-state index contributed by atoms with van der Waals surface area (Å²) in [6.07, 6.45) is 0.410. The lowest BCUT2D eigenvalue weighted by Crippen LogP contribution is -2.41. The number of nitrogens with one attached hydrogen (secondary N) is 2. The minimum atomic E-state index is -0.430. The first kappa shape index (κ1) is 14.8. The molecule has 0 saturated carbocycles. The van der Waals surface area contributed by atoms with Crippen molar-refractivity contribution in [2.45, 2.75) is 19.0 Å². The number of nitro benzene ring substituents is 1. The van der Waals surface area contributed by atoms with Gasteiger partial charge in [-0.25, -0.2) is 0 Å². The minimum Gasteiger partial charge on any atom is -0.352 e. The topological polar surface area (TPSA) is 84.3 Å². The maximum absolute atomic E-state index is 11.8. The van der Waals surface area contributed by atoms with E-state index in [-0.39, 0.29) is 24.2 Å². The molecule has 1 unspecified atom stereocenters. The van der Waals surface area contributed by atoms with Crippen LogP contribution in [0.4, 0.5) is 5.69 Å². The molecule has 108 valence electrons. The van der Waals surface area contributed by atoms with Crippen LogP contribution < -0.4 is 10.6 Å². The number of nitrogens with zero attached hydrogens (tertiary/aromatic N) is 1. The highest BCUT2D eigenvalue weighted by molar-refractivity contribution is 7.99. The van der Waals surface area contributed by atoms with Gasteiger partial charge in [-0.2, -0.15) is 11.8 Å². The maximum atomic E-state index is 11.8. The van der Waals surface area contributed by atoms with E-state index in [2.05, 4.69) is 10.6 Å². The zero-order valence-corrected chi connectivity index (χ0v) is 11.8. The van der Waals surface area contributed by atoms with Crippen molar-refractivity contribution in [2.75, 3.05) is 18.1 Å². The van der Waals surface area contributed by atoms with Gasteiger partial charge in [-0.3, -0.25) is 14.9 Å². The third-order valence-electron chi connectivity index (χ3n) is 3.09. The molecular weight excluding hydrogens is 278 g/mol. The Morgan fingerprint density at radius 1 is 1.50 bits per heavy atom. The standard InChI is InChI=1S/C13H17N3O3S/c17-13(7-11-9-20-6-5-14-11)15-8-10-3-1-2-4-12(10)16(18)19/h1-4,11,14H,5-9H2,(H,15,17). The second-order valence-corrected chi connectivity index (χ2v) is 5.74. The molecule has 1 atom stereocenters. The predicted molar refractivity (Wildman–Crippen MR) is 78.7 cm³/mol. The quantitative estimate of drug-likeness (QED) is 0.632. The molecule has 2 rings (SSSR count). The van der Waals surface area contributed by atoms with Crippen LogP contribution in [-0.2, 0) is 11.3 Å². The fourth-order valence-electron chi connectivity index (χ4n) is 2.08. The molecule has 2 N–H and O–H groups in total. The van der Waals surface area contributed by atoms with Gasteiger partial charge in [0, 0.05) is 48.7 Å². The van der Waals surface area contributed by atoms with E-state index in [0.717, 1.165) is 18.1 Å². The summed E-state index contributed by atoms with van der Waals surface area (Å²) >= 11 is 1.83.